The standard InChI is InChI=1S/C33H24N6O9S2.H3N.Na/c40-31-23-13-11-21(15-25(23)29(49(43,44)45)17-27(31)38-36-19-7-3-1-4-8-19)34-33(42)35-22-12-14-24-26(16-22)30(50(46,47)48)18-28(32(24)41)39-37-20-9-5-2-6-10-20;;/h1-18,36-37H,(H2,34,35,42)(H,43,44,45)(H,46,47,48);1H3;/q;;+1/p-1/b38-27-,39-28-;;. The summed E-state index contributed by atoms with van der Waals surface area (Å²) in [5, 5.41) is 12.8. The van der Waals surface area contributed by atoms with Crippen LogP contribution in [0, 0.1) is 0 Å². The maximum absolute atomic E-state index is 13.1. The second kappa shape index (κ2) is 15.9. The number of hydrogen-bond donors (Lipinski definition) is 5. The number of carbonyl (C=O) groups excluding carboxylic acids is 3. The van der Waals surface area contributed by atoms with Crippen molar-refractivity contribution in [2.45, 2.75) is 0 Å². The monoisotopic (exact) mass is 751 g/mol. The van der Waals surface area contributed by atoms with Gasteiger partial charge in [-0.2, -0.15) is 10.2 Å². The molecule has 16 nitrogen and oxygen atoms in total. The van der Waals surface area contributed by atoms with E-state index < -0.39 is 47.6 Å². The Morgan fingerprint density at radius 3 is 1.25 bits per heavy atom. The van der Waals surface area contributed by atoms with Crippen molar-refractivity contribution in [2.75, 3.05) is 21.5 Å². The first kappa shape index (κ1) is 39.5. The number of para-hydroxylation sites is 2. The molecule has 0 saturated carbocycles. The summed E-state index contributed by atoms with van der Waals surface area (Å²) >= 11 is 0. The van der Waals surface area contributed by atoms with Crippen LogP contribution in [-0.2, 0) is 20.2 Å². The molecule has 6 rings (SSSR count). The van der Waals surface area contributed by atoms with E-state index in [4.69, 9.17) is 0 Å². The van der Waals surface area contributed by atoms with Gasteiger partial charge in [0, 0.05) is 33.6 Å². The van der Waals surface area contributed by atoms with Crippen molar-refractivity contribution in [1.82, 2.24) is 6.15 Å². The Hall–Kier alpha value is -5.31. The topological polar surface area (TPSA) is 275 Å². The molecule has 2 aliphatic carbocycles. The SMILES string of the molecule is O=C(Nc1ccc2c(c1)C(S(=O)(=O)[O-])=C/C(=N/Nc1ccccc1)C2=O)Nc1ccc2c(c1)C(S(=O)(=O)[O-])=C/C(=N/Nc1ccccc1)C2=O.[NH4+].[Na+]. The molecule has 0 aromatic heterocycles. The Labute approximate surface area is 319 Å². The smallest absolute Gasteiger partial charge is 0.744 e. The van der Waals surface area contributed by atoms with Crippen molar-refractivity contribution in [3.8, 4) is 0 Å². The fourth-order valence-corrected chi connectivity index (χ4v) is 6.40. The van der Waals surface area contributed by atoms with Gasteiger partial charge in [0.25, 0.3) is 0 Å². The van der Waals surface area contributed by atoms with Crippen molar-refractivity contribution in [1.29, 1.82) is 0 Å². The summed E-state index contributed by atoms with van der Waals surface area (Å²) in [6.07, 6.45) is 1.68. The molecule has 0 radical (unpaired) electrons. The van der Waals surface area contributed by atoms with Crippen LogP contribution < -0.4 is 57.2 Å². The summed E-state index contributed by atoms with van der Waals surface area (Å²) in [6, 6.07) is 23.3. The molecule has 0 heterocycles. The van der Waals surface area contributed by atoms with E-state index in [-0.39, 0.29) is 80.8 Å². The van der Waals surface area contributed by atoms with Gasteiger partial charge in [-0.05, 0) is 72.8 Å². The first-order valence-corrected chi connectivity index (χ1v) is 17.2. The van der Waals surface area contributed by atoms with Crippen molar-refractivity contribution >= 4 is 81.8 Å². The molecule has 0 fully saturated rings. The third-order valence-electron chi connectivity index (χ3n) is 7.27. The normalized spacial score (nSPS) is 15.2. The van der Waals surface area contributed by atoms with Gasteiger partial charge in [-0.3, -0.25) is 20.4 Å². The summed E-state index contributed by atoms with van der Waals surface area (Å²) < 4.78 is 73.2. The minimum atomic E-state index is -5.12. The molecule has 0 aliphatic heterocycles. The Bertz CT molecular complexity index is 2270. The van der Waals surface area contributed by atoms with Crippen molar-refractivity contribution in [3.63, 3.8) is 0 Å². The van der Waals surface area contributed by atoms with E-state index in [0.29, 0.717) is 11.4 Å². The van der Waals surface area contributed by atoms with E-state index in [1.807, 2.05) is 0 Å². The maximum atomic E-state index is 13.1. The number of carbonyl (C=O) groups is 3. The predicted molar refractivity (Wildman–Crippen MR) is 191 cm³/mol. The Morgan fingerprint density at radius 2 is 0.904 bits per heavy atom. The number of nitrogens with zero attached hydrogens (tertiary/aromatic N) is 2. The molecule has 4 aromatic rings. The van der Waals surface area contributed by atoms with Crippen LogP contribution in [0.5, 0.6) is 0 Å². The molecule has 19 heteroatoms. The van der Waals surface area contributed by atoms with Gasteiger partial charge >= 0.3 is 35.6 Å². The number of allylic oxidation sites excluding steroid dienone is 2. The average molecular weight is 752 g/mol. The summed E-state index contributed by atoms with van der Waals surface area (Å²) in [5.41, 5.74) is 4.75. The molecule has 0 saturated heterocycles. The van der Waals surface area contributed by atoms with Crippen molar-refractivity contribution < 1.29 is 69.9 Å². The fourth-order valence-electron chi connectivity index (χ4n) is 5.01. The molecule has 2 aliphatic rings. The number of Topliss-reactive ketones (excluding diaryl/α,β-unsaturated/α-hetero) is 2. The summed E-state index contributed by atoms with van der Waals surface area (Å²) in [4.78, 5) is 37.7. The summed E-state index contributed by atoms with van der Waals surface area (Å²) in [7, 11) is -10.2. The quantitative estimate of drug-likeness (QED) is 0.0984. The van der Waals surface area contributed by atoms with Crippen LogP contribution >= 0.6 is 0 Å². The van der Waals surface area contributed by atoms with Crippen molar-refractivity contribution in [2.24, 2.45) is 10.2 Å². The van der Waals surface area contributed by atoms with E-state index >= 15 is 0 Å². The number of quaternary nitrogens is 1. The molecule has 0 atom stereocenters. The first-order chi connectivity index (χ1) is 23.8. The van der Waals surface area contributed by atoms with Crippen LogP contribution in [0.4, 0.5) is 27.5 Å². The number of anilines is 4. The largest absolute Gasteiger partial charge is 1.00 e. The zero-order valence-corrected chi connectivity index (χ0v) is 30.9. The number of fused-ring (bicyclic) bond motifs is 2. The number of rotatable bonds is 8. The molecule has 4 aromatic carbocycles. The van der Waals surface area contributed by atoms with Gasteiger partial charge in [0.2, 0.25) is 11.6 Å². The molecule has 0 bridgehead atoms. The number of ketones is 2. The van der Waals surface area contributed by atoms with Gasteiger partial charge in [-0.1, -0.05) is 36.4 Å². The van der Waals surface area contributed by atoms with Crippen LogP contribution in [-0.4, -0.2) is 55.0 Å². The molecule has 0 unspecified atom stereocenters. The zero-order valence-electron chi connectivity index (χ0n) is 27.3. The van der Waals surface area contributed by atoms with Crippen LogP contribution in [0.1, 0.15) is 31.8 Å². The number of hydrazone groups is 2. The van der Waals surface area contributed by atoms with E-state index in [1.54, 1.807) is 60.7 Å². The minimum absolute atomic E-state index is 0. The number of nitrogens with one attached hydrogen (secondary N) is 4. The van der Waals surface area contributed by atoms with Crippen LogP contribution in [0.15, 0.2) is 119 Å². The van der Waals surface area contributed by atoms with Crippen LogP contribution in [0.2, 0.25) is 0 Å². The third kappa shape index (κ3) is 8.76. The maximum Gasteiger partial charge on any atom is 1.00 e. The van der Waals surface area contributed by atoms with Crippen LogP contribution in [0.3, 0.4) is 0 Å². The number of urea groups is 1. The number of amides is 2. The molecular formula is C33H26N7NaO9S2. The number of hydrogen-bond acceptors (Lipinski definition) is 13. The molecule has 0 spiro atoms. The first-order valence-electron chi connectivity index (χ1n) is 14.4. The third-order valence-corrected chi connectivity index (χ3v) is 9.03. The summed E-state index contributed by atoms with van der Waals surface area (Å²) in [6.45, 7) is 0. The Morgan fingerprint density at radius 1 is 0.538 bits per heavy atom. The fraction of sp³-hybridized carbons (Fsp3) is 0. The molecule has 8 N–H and O–H groups in total. The van der Waals surface area contributed by atoms with Gasteiger partial charge in [-0.25, -0.2) is 21.6 Å². The van der Waals surface area contributed by atoms with Gasteiger partial charge in [0.1, 0.15) is 31.7 Å². The Kier molecular flexibility index (Phi) is 12.1. The molecule has 52 heavy (non-hydrogen) atoms. The van der Waals surface area contributed by atoms with E-state index in [1.165, 1.54) is 24.3 Å². The average Bonchev–Trinajstić information content (AvgIpc) is 3.07. The van der Waals surface area contributed by atoms with Crippen molar-refractivity contribution in [3.05, 3.63) is 131 Å². The van der Waals surface area contributed by atoms with E-state index in [2.05, 4.69) is 31.7 Å². The van der Waals surface area contributed by atoms with Gasteiger partial charge in [0.15, 0.2) is 0 Å². The van der Waals surface area contributed by atoms with Gasteiger partial charge < -0.3 is 25.9 Å². The van der Waals surface area contributed by atoms with Crippen LogP contribution in [0.25, 0.3) is 9.81 Å². The van der Waals surface area contributed by atoms with Gasteiger partial charge in [-0.15, -0.1) is 0 Å². The summed E-state index contributed by atoms with van der Waals surface area (Å²) in [5.74, 6) is -1.37. The van der Waals surface area contributed by atoms with E-state index in [0.717, 1.165) is 24.3 Å². The predicted octanol–water partition coefficient (Wildman–Crippen LogP) is 1.81. The number of benzene rings is 4. The molecular weight excluding hydrogens is 726 g/mol. The molecule has 2 amide bonds. The molecule has 260 valence electrons. The second-order valence-electron chi connectivity index (χ2n) is 10.6. The second-order valence-corrected chi connectivity index (χ2v) is 13.3. The van der Waals surface area contributed by atoms with E-state index in [9.17, 15) is 40.3 Å². The van der Waals surface area contributed by atoms with Gasteiger partial charge in [0.05, 0.1) is 21.2 Å². The minimum Gasteiger partial charge on any atom is -0.744 e. The Balaban J connectivity index is 0.00000302. The zero-order chi connectivity index (χ0) is 35.6.